The largest absolute Gasteiger partial charge is 0.481 e. The van der Waals surface area contributed by atoms with Gasteiger partial charge in [-0.15, -0.1) is 0 Å². The molecule has 0 bridgehead atoms. The van der Waals surface area contributed by atoms with E-state index in [-0.39, 0.29) is 0 Å². The average molecular weight is 241 g/mol. The molecule has 0 radical (unpaired) electrons. The molecule has 1 aliphatic heterocycles. The van der Waals surface area contributed by atoms with Gasteiger partial charge in [0.15, 0.2) is 0 Å². The number of carbonyl (C=O) groups is 1. The Morgan fingerprint density at radius 3 is 2.59 bits per heavy atom. The van der Waals surface area contributed by atoms with Crippen LogP contribution in [-0.4, -0.2) is 35.1 Å². The van der Waals surface area contributed by atoms with Crippen LogP contribution < -0.4 is 0 Å². The molecule has 100 valence electrons. The van der Waals surface area contributed by atoms with Crippen molar-refractivity contribution in [3.05, 3.63) is 0 Å². The van der Waals surface area contributed by atoms with E-state index in [1.807, 2.05) is 6.92 Å². The maximum absolute atomic E-state index is 11.4. The predicted octanol–water partition coefficient (Wildman–Crippen LogP) is 3.00. The lowest BCUT2D eigenvalue weighted by atomic mass is 9.83. The van der Waals surface area contributed by atoms with Crippen molar-refractivity contribution in [2.24, 2.45) is 11.3 Å². The Morgan fingerprint density at radius 2 is 2.12 bits per heavy atom. The molecule has 1 aliphatic rings. The van der Waals surface area contributed by atoms with Gasteiger partial charge in [0, 0.05) is 12.6 Å². The van der Waals surface area contributed by atoms with Crippen molar-refractivity contribution >= 4 is 5.97 Å². The molecule has 0 amide bonds. The molecule has 0 aromatic carbocycles. The third-order valence-corrected chi connectivity index (χ3v) is 4.15. The molecule has 3 nitrogen and oxygen atoms in total. The minimum atomic E-state index is -0.648. The highest BCUT2D eigenvalue weighted by Crippen LogP contribution is 2.30. The normalized spacial score (nSPS) is 29.9. The van der Waals surface area contributed by atoms with E-state index in [2.05, 4.69) is 25.7 Å². The minimum Gasteiger partial charge on any atom is -0.481 e. The summed E-state index contributed by atoms with van der Waals surface area (Å²) in [6.07, 6.45) is 4.09. The summed E-state index contributed by atoms with van der Waals surface area (Å²) in [6, 6.07) is 0.522. The highest BCUT2D eigenvalue weighted by atomic mass is 16.4. The zero-order chi connectivity index (χ0) is 13.1. The molecule has 0 spiro atoms. The van der Waals surface area contributed by atoms with Crippen LogP contribution in [-0.2, 0) is 4.79 Å². The second-order valence-corrected chi connectivity index (χ2v) is 6.06. The van der Waals surface area contributed by atoms with Crippen LogP contribution in [0.15, 0.2) is 0 Å². The third-order valence-electron chi connectivity index (χ3n) is 4.15. The van der Waals surface area contributed by atoms with Crippen molar-refractivity contribution in [3.63, 3.8) is 0 Å². The molecule has 3 unspecified atom stereocenters. The number of aliphatic carboxylic acids is 1. The van der Waals surface area contributed by atoms with E-state index >= 15 is 0 Å². The molecular weight excluding hydrogens is 214 g/mol. The van der Waals surface area contributed by atoms with Crippen LogP contribution in [0.5, 0.6) is 0 Å². The Kier molecular flexibility index (Phi) is 4.99. The Hall–Kier alpha value is -0.570. The first-order valence-corrected chi connectivity index (χ1v) is 6.86. The first-order chi connectivity index (χ1) is 7.89. The molecule has 3 heteroatoms. The summed E-state index contributed by atoms with van der Waals surface area (Å²) in [7, 11) is 0. The molecular formula is C14H27NO2. The first kappa shape index (κ1) is 14.5. The second-order valence-electron chi connectivity index (χ2n) is 6.06. The number of hydrogen-bond acceptors (Lipinski definition) is 2. The lowest BCUT2D eigenvalue weighted by molar-refractivity contribution is -0.150. The Balaban J connectivity index is 2.64. The highest BCUT2D eigenvalue weighted by molar-refractivity contribution is 5.74. The average Bonchev–Trinajstić information content (AvgIpc) is 2.22. The zero-order valence-electron chi connectivity index (χ0n) is 11.7. The number of carboxylic acid groups (broad SMARTS) is 1. The molecule has 0 saturated carbocycles. The Bertz CT molecular complexity index is 267. The minimum absolute atomic E-state index is 0.522. The van der Waals surface area contributed by atoms with Crippen molar-refractivity contribution in [2.45, 2.75) is 59.4 Å². The standard InChI is InChI=1S/C14H27NO2/c1-5-7-14(4,13(16)17)10-15-8-6-11(2)9-12(15)3/h11-12H,5-10H2,1-4H3,(H,16,17). The Labute approximate surface area is 105 Å². The zero-order valence-corrected chi connectivity index (χ0v) is 11.7. The lowest BCUT2D eigenvalue weighted by Gasteiger charge is -2.40. The molecule has 17 heavy (non-hydrogen) atoms. The Morgan fingerprint density at radius 1 is 1.47 bits per heavy atom. The number of nitrogens with zero attached hydrogens (tertiary/aromatic N) is 1. The molecule has 1 N–H and O–H groups in total. The topological polar surface area (TPSA) is 40.5 Å². The summed E-state index contributed by atoms with van der Waals surface area (Å²) < 4.78 is 0. The van der Waals surface area contributed by atoms with Gasteiger partial charge in [0.25, 0.3) is 0 Å². The fraction of sp³-hybridized carbons (Fsp3) is 0.929. The van der Waals surface area contributed by atoms with Crippen LogP contribution in [0, 0.1) is 11.3 Å². The number of rotatable bonds is 5. The van der Waals surface area contributed by atoms with Gasteiger partial charge in [-0.1, -0.05) is 20.3 Å². The maximum Gasteiger partial charge on any atom is 0.310 e. The van der Waals surface area contributed by atoms with Crippen LogP contribution >= 0.6 is 0 Å². The van der Waals surface area contributed by atoms with E-state index in [4.69, 9.17) is 0 Å². The van der Waals surface area contributed by atoms with E-state index < -0.39 is 11.4 Å². The smallest absolute Gasteiger partial charge is 0.310 e. The maximum atomic E-state index is 11.4. The third kappa shape index (κ3) is 3.70. The summed E-state index contributed by atoms with van der Waals surface area (Å²) in [6.45, 7) is 10.2. The molecule has 1 rings (SSSR count). The lowest BCUT2D eigenvalue weighted by Crippen LogP contribution is -2.48. The summed E-state index contributed by atoms with van der Waals surface area (Å²) >= 11 is 0. The second kappa shape index (κ2) is 5.85. The van der Waals surface area contributed by atoms with Crippen LogP contribution in [0.4, 0.5) is 0 Å². The van der Waals surface area contributed by atoms with Gasteiger partial charge >= 0.3 is 5.97 Å². The highest BCUT2D eigenvalue weighted by Gasteiger charge is 2.36. The predicted molar refractivity (Wildman–Crippen MR) is 70.1 cm³/mol. The van der Waals surface area contributed by atoms with Crippen LogP contribution in [0.25, 0.3) is 0 Å². The summed E-state index contributed by atoms with van der Waals surface area (Å²) in [5, 5.41) is 9.41. The van der Waals surface area contributed by atoms with Gasteiger partial charge in [-0.3, -0.25) is 9.69 Å². The van der Waals surface area contributed by atoms with Crippen LogP contribution in [0.2, 0.25) is 0 Å². The van der Waals surface area contributed by atoms with Gasteiger partial charge in [0.1, 0.15) is 0 Å². The van der Waals surface area contributed by atoms with Crippen molar-refractivity contribution in [3.8, 4) is 0 Å². The van der Waals surface area contributed by atoms with Gasteiger partial charge in [0.05, 0.1) is 5.41 Å². The van der Waals surface area contributed by atoms with Crippen molar-refractivity contribution < 1.29 is 9.90 Å². The van der Waals surface area contributed by atoms with Gasteiger partial charge in [-0.2, -0.15) is 0 Å². The number of hydrogen-bond donors (Lipinski definition) is 1. The molecule has 1 fully saturated rings. The van der Waals surface area contributed by atoms with E-state index in [0.717, 1.165) is 25.3 Å². The summed E-state index contributed by atoms with van der Waals surface area (Å²) in [4.78, 5) is 13.8. The number of likely N-dealkylation sites (tertiary alicyclic amines) is 1. The van der Waals surface area contributed by atoms with Gasteiger partial charge < -0.3 is 5.11 Å². The molecule has 0 aliphatic carbocycles. The first-order valence-electron chi connectivity index (χ1n) is 6.86. The van der Waals surface area contributed by atoms with Gasteiger partial charge in [0.2, 0.25) is 0 Å². The summed E-state index contributed by atoms with van der Waals surface area (Å²) in [5.74, 6) is 0.133. The molecule has 3 atom stereocenters. The SMILES string of the molecule is CCCC(C)(CN1CCC(C)CC1C)C(=O)O. The number of piperidine rings is 1. The molecule has 0 aromatic rings. The summed E-state index contributed by atoms with van der Waals surface area (Å²) in [5.41, 5.74) is -0.580. The van der Waals surface area contributed by atoms with Crippen molar-refractivity contribution in [1.29, 1.82) is 0 Å². The molecule has 1 saturated heterocycles. The van der Waals surface area contributed by atoms with Crippen LogP contribution in [0.3, 0.4) is 0 Å². The quantitative estimate of drug-likeness (QED) is 0.804. The van der Waals surface area contributed by atoms with Crippen molar-refractivity contribution in [1.82, 2.24) is 4.90 Å². The number of carboxylic acids is 1. The van der Waals surface area contributed by atoms with E-state index in [0.29, 0.717) is 12.6 Å². The fourth-order valence-electron chi connectivity index (χ4n) is 2.94. The van der Waals surface area contributed by atoms with Crippen molar-refractivity contribution in [2.75, 3.05) is 13.1 Å². The fourth-order valence-corrected chi connectivity index (χ4v) is 2.94. The van der Waals surface area contributed by atoms with Gasteiger partial charge in [-0.25, -0.2) is 0 Å². The van der Waals surface area contributed by atoms with E-state index in [9.17, 15) is 9.90 Å². The van der Waals surface area contributed by atoms with Gasteiger partial charge in [-0.05, 0) is 45.6 Å². The van der Waals surface area contributed by atoms with Crippen LogP contribution in [0.1, 0.15) is 53.4 Å². The van der Waals surface area contributed by atoms with E-state index in [1.54, 1.807) is 0 Å². The van der Waals surface area contributed by atoms with E-state index in [1.165, 1.54) is 12.8 Å². The molecule has 0 aromatic heterocycles. The molecule has 1 heterocycles. The monoisotopic (exact) mass is 241 g/mol.